The van der Waals surface area contributed by atoms with E-state index in [0.29, 0.717) is 24.3 Å². The molecule has 0 aliphatic carbocycles. The van der Waals surface area contributed by atoms with Crippen molar-refractivity contribution in [2.75, 3.05) is 26.2 Å². The summed E-state index contributed by atoms with van der Waals surface area (Å²) in [6.07, 6.45) is 0. The molecular weight excluding hydrogens is 402 g/mol. The van der Waals surface area contributed by atoms with E-state index in [4.69, 9.17) is 0 Å². The number of fused-ring (bicyclic) bond motifs is 1. The lowest BCUT2D eigenvalue weighted by atomic mass is 10.2. The van der Waals surface area contributed by atoms with E-state index in [-0.39, 0.29) is 29.7 Å². The van der Waals surface area contributed by atoms with Gasteiger partial charge in [-0.1, -0.05) is 24.3 Å². The van der Waals surface area contributed by atoms with Gasteiger partial charge in [0.05, 0.1) is 4.90 Å². The molecule has 2 aromatic carbocycles. The minimum Gasteiger partial charge on any atom is -0.351 e. The van der Waals surface area contributed by atoms with Crippen LogP contribution >= 0.6 is 0 Å². The average Bonchev–Trinajstić information content (AvgIpc) is 3.16. The maximum absolute atomic E-state index is 13.0. The number of rotatable bonds is 4. The second-order valence-corrected chi connectivity index (χ2v) is 9.49. The molecule has 1 amide bonds. The first kappa shape index (κ1) is 20.3. The van der Waals surface area contributed by atoms with Gasteiger partial charge in [0.2, 0.25) is 10.0 Å². The Hall–Kier alpha value is -2.97. The van der Waals surface area contributed by atoms with Gasteiger partial charge in [-0.2, -0.15) is 4.31 Å². The average molecular weight is 426 g/mol. The fourth-order valence-corrected chi connectivity index (χ4v) is 5.15. The van der Waals surface area contributed by atoms with Crippen molar-refractivity contribution in [2.45, 2.75) is 18.7 Å². The van der Waals surface area contributed by atoms with E-state index in [2.05, 4.69) is 4.98 Å². The number of nitrogens with zero attached hydrogens (tertiary/aromatic N) is 2. The van der Waals surface area contributed by atoms with Gasteiger partial charge in [-0.05, 0) is 43.7 Å². The lowest BCUT2D eigenvalue weighted by molar-refractivity contribution is 0.0692. The Morgan fingerprint density at radius 2 is 1.70 bits per heavy atom. The highest BCUT2D eigenvalue weighted by Gasteiger charge is 2.31. The number of H-pyrrole nitrogens is 1. The molecule has 0 bridgehead atoms. The second kappa shape index (κ2) is 7.70. The third kappa shape index (κ3) is 3.76. The Kier molecular flexibility index (Phi) is 5.21. The Labute approximate surface area is 175 Å². The Balaban J connectivity index is 1.48. The highest BCUT2D eigenvalue weighted by atomic mass is 32.2. The SMILES string of the molecule is CC(=O)c1cccc(S(=O)(=O)N2CCN(C(=O)c3cc4ccc(C)cc4[nH]3)CC2)c1. The minimum atomic E-state index is -3.72. The quantitative estimate of drug-likeness (QED) is 0.651. The van der Waals surface area contributed by atoms with Crippen LogP contribution in [0.4, 0.5) is 0 Å². The van der Waals surface area contributed by atoms with Crippen LogP contribution in [0.3, 0.4) is 0 Å². The number of carbonyl (C=O) groups is 2. The summed E-state index contributed by atoms with van der Waals surface area (Å²) in [5.74, 6) is -0.324. The molecule has 2 heterocycles. The summed E-state index contributed by atoms with van der Waals surface area (Å²) >= 11 is 0. The molecule has 0 radical (unpaired) electrons. The first-order valence-electron chi connectivity index (χ1n) is 9.75. The molecule has 1 N–H and O–H groups in total. The van der Waals surface area contributed by atoms with Crippen LogP contribution in [0.2, 0.25) is 0 Å². The number of hydrogen-bond acceptors (Lipinski definition) is 4. The molecule has 0 atom stereocenters. The summed E-state index contributed by atoms with van der Waals surface area (Å²) < 4.78 is 27.3. The molecule has 1 saturated heterocycles. The molecule has 0 unspecified atom stereocenters. The smallest absolute Gasteiger partial charge is 0.270 e. The van der Waals surface area contributed by atoms with Crippen LogP contribution in [0.5, 0.6) is 0 Å². The van der Waals surface area contributed by atoms with E-state index in [9.17, 15) is 18.0 Å². The molecule has 3 aromatic rings. The summed E-state index contributed by atoms with van der Waals surface area (Å²) in [5.41, 5.74) is 2.88. The second-order valence-electron chi connectivity index (χ2n) is 7.55. The number of aromatic amines is 1. The maximum atomic E-state index is 13.0. The van der Waals surface area contributed by atoms with Crippen LogP contribution in [-0.2, 0) is 10.0 Å². The molecule has 8 heteroatoms. The van der Waals surface area contributed by atoms with Crippen molar-refractivity contribution in [2.24, 2.45) is 0 Å². The third-order valence-electron chi connectivity index (χ3n) is 5.41. The molecule has 30 heavy (non-hydrogen) atoms. The Morgan fingerprint density at radius 1 is 0.967 bits per heavy atom. The number of sulfonamides is 1. The topological polar surface area (TPSA) is 90.6 Å². The molecule has 7 nitrogen and oxygen atoms in total. The van der Waals surface area contributed by atoms with Gasteiger partial charge in [0.25, 0.3) is 5.91 Å². The fraction of sp³-hybridized carbons (Fsp3) is 0.273. The van der Waals surface area contributed by atoms with Crippen LogP contribution in [0.15, 0.2) is 53.4 Å². The predicted molar refractivity (Wildman–Crippen MR) is 114 cm³/mol. The minimum absolute atomic E-state index is 0.0981. The summed E-state index contributed by atoms with van der Waals surface area (Å²) in [6, 6.07) is 13.8. The van der Waals surface area contributed by atoms with E-state index in [1.807, 2.05) is 31.2 Å². The van der Waals surface area contributed by atoms with Crippen molar-refractivity contribution < 1.29 is 18.0 Å². The highest BCUT2D eigenvalue weighted by molar-refractivity contribution is 7.89. The zero-order valence-corrected chi connectivity index (χ0v) is 17.7. The summed E-state index contributed by atoms with van der Waals surface area (Å²) in [5, 5.41) is 0.968. The van der Waals surface area contributed by atoms with Crippen LogP contribution in [0.1, 0.15) is 33.3 Å². The normalized spacial score (nSPS) is 15.5. The lowest BCUT2D eigenvalue weighted by Gasteiger charge is -2.33. The van der Waals surface area contributed by atoms with Gasteiger partial charge in [0.15, 0.2) is 5.78 Å². The van der Waals surface area contributed by atoms with Crippen molar-refractivity contribution in [3.8, 4) is 0 Å². The molecule has 0 spiro atoms. The number of amides is 1. The van der Waals surface area contributed by atoms with Gasteiger partial charge in [-0.3, -0.25) is 9.59 Å². The van der Waals surface area contributed by atoms with Crippen molar-refractivity contribution in [1.82, 2.24) is 14.2 Å². The first-order chi connectivity index (χ1) is 14.3. The van der Waals surface area contributed by atoms with Gasteiger partial charge in [0, 0.05) is 42.6 Å². The monoisotopic (exact) mass is 425 g/mol. The molecule has 4 rings (SSSR count). The molecule has 1 aliphatic rings. The number of ketones is 1. The lowest BCUT2D eigenvalue weighted by Crippen LogP contribution is -2.50. The Morgan fingerprint density at radius 3 is 2.40 bits per heavy atom. The van der Waals surface area contributed by atoms with Crippen LogP contribution < -0.4 is 0 Å². The zero-order valence-electron chi connectivity index (χ0n) is 16.9. The third-order valence-corrected chi connectivity index (χ3v) is 7.31. The zero-order chi connectivity index (χ0) is 21.5. The van der Waals surface area contributed by atoms with Gasteiger partial charge < -0.3 is 9.88 Å². The van der Waals surface area contributed by atoms with Gasteiger partial charge in [-0.15, -0.1) is 0 Å². The number of hydrogen-bond donors (Lipinski definition) is 1. The van der Waals surface area contributed by atoms with E-state index in [1.54, 1.807) is 17.0 Å². The van der Waals surface area contributed by atoms with Gasteiger partial charge >= 0.3 is 0 Å². The number of aromatic nitrogens is 1. The summed E-state index contributed by atoms with van der Waals surface area (Å²) in [4.78, 5) is 29.4. The number of piperazine rings is 1. The number of carbonyl (C=O) groups excluding carboxylic acids is 2. The number of nitrogens with one attached hydrogen (secondary N) is 1. The molecule has 156 valence electrons. The van der Waals surface area contributed by atoms with Crippen molar-refractivity contribution in [1.29, 1.82) is 0 Å². The molecule has 1 aliphatic heterocycles. The summed E-state index contributed by atoms with van der Waals surface area (Å²) in [7, 11) is -3.72. The highest BCUT2D eigenvalue weighted by Crippen LogP contribution is 2.21. The van der Waals surface area contributed by atoms with E-state index in [0.717, 1.165) is 16.5 Å². The number of Topliss-reactive ketones (excluding diaryl/α,β-unsaturated/α-hetero) is 1. The van der Waals surface area contributed by atoms with Crippen LogP contribution in [0, 0.1) is 6.92 Å². The standard InChI is InChI=1S/C22H23N3O4S/c1-15-6-7-18-14-21(23-20(18)12-15)22(27)24-8-10-25(11-9-24)30(28,29)19-5-3-4-17(13-19)16(2)26/h3-7,12-14,23H,8-11H2,1-2H3. The number of benzene rings is 2. The maximum Gasteiger partial charge on any atom is 0.270 e. The molecule has 1 aromatic heterocycles. The predicted octanol–water partition coefficient (Wildman–Crippen LogP) is 2.83. The van der Waals surface area contributed by atoms with Crippen molar-refractivity contribution >= 4 is 32.6 Å². The van der Waals surface area contributed by atoms with E-state index >= 15 is 0 Å². The van der Waals surface area contributed by atoms with Crippen LogP contribution in [0.25, 0.3) is 10.9 Å². The van der Waals surface area contributed by atoms with Crippen LogP contribution in [-0.4, -0.2) is 60.5 Å². The number of aryl methyl sites for hydroxylation is 1. The van der Waals surface area contributed by atoms with E-state index < -0.39 is 10.0 Å². The van der Waals surface area contributed by atoms with Gasteiger partial charge in [0.1, 0.15) is 5.69 Å². The first-order valence-corrected chi connectivity index (χ1v) is 11.2. The molecule has 1 fully saturated rings. The van der Waals surface area contributed by atoms with Crippen molar-refractivity contribution in [3.05, 3.63) is 65.4 Å². The van der Waals surface area contributed by atoms with Crippen molar-refractivity contribution in [3.63, 3.8) is 0 Å². The molecular formula is C22H23N3O4S. The Bertz CT molecular complexity index is 1240. The van der Waals surface area contributed by atoms with Gasteiger partial charge in [-0.25, -0.2) is 8.42 Å². The fourth-order valence-electron chi connectivity index (χ4n) is 3.68. The summed E-state index contributed by atoms with van der Waals surface area (Å²) in [6.45, 7) is 4.42. The van der Waals surface area contributed by atoms with E-state index in [1.165, 1.54) is 23.4 Å². The largest absolute Gasteiger partial charge is 0.351 e. The molecule has 0 saturated carbocycles.